The fraction of sp³-hybridized carbons (Fsp3) is 0.579. The molecule has 0 spiro atoms. The van der Waals surface area contributed by atoms with Gasteiger partial charge in [-0.25, -0.2) is 0 Å². The van der Waals surface area contributed by atoms with Gasteiger partial charge in [-0.05, 0) is 37.0 Å². The fourth-order valence-electron chi connectivity index (χ4n) is 3.18. The third-order valence-electron chi connectivity index (χ3n) is 4.62. The van der Waals surface area contributed by atoms with Gasteiger partial charge >= 0.3 is 5.97 Å². The first-order valence-corrected chi connectivity index (χ1v) is 8.77. The number of hydrogen-bond acceptors (Lipinski definition) is 3. The Morgan fingerprint density at radius 2 is 2.00 bits per heavy atom. The second kappa shape index (κ2) is 8.71. The van der Waals surface area contributed by atoms with Crippen LogP contribution in [0.4, 0.5) is 0 Å². The second-order valence-electron chi connectivity index (χ2n) is 6.60. The van der Waals surface area contributed by atoms with Crippen molar-refractivity contribution < 1.29 is 19.4 Å². The van der Waals surface area contributed by atoms with Crippen molar-refractivity contribution in [1.82, 2.24) is 5.32 Å². The van der Waals surface area contributed by atoms with Gasteiger partial charge in [0.15, 0.2) is 0 Å². The number of benzene rings is 1. The maximum absolute atomic E-state index is 12.2. The van der Waals surface area contributed by atoms with E-state index >= 15 is 0 Å². The third kappa shape index (κ3) is 4.98. The van der Waals surface area contributed by atoms with E-state index in [1.54, 1.807) is 0 Å². The molecule has 5 nitrogen and oxygen atoms in total. The van der Waals surface area contributed by atoms with E-state index in [9.17, 15) is 14.7 Å². The number of hydrogen-bond donors (Lipinski definition) is 2. The standard InChI is InChI=1S/C19H27NO4/c1-2-11-24-16-8-6-7-15(12-16)13-17(21)20-14-19(18(22)23)9-4-3-5-10-19/h6-8,12H,2-5,9-11,13-14H2,1H3,(H,20,21)(H,22,23). The number of amides is 1. The Hall–Kier alpha value is -2.04. The van der Waals surface area contributed by atoms with E-state index in [1.807, 2.05) is 31.2 Å². The molecule has 0 heterocycles. The van der Waals surface area contributed by atoms with E-state index < -0.39 is 11.4 Å². The van der Waals surface area contributed by atoms with E-state index in [-0.39, 0.29) is 18.9 Å². The number of carbonyl (C=O) groups is 2. The predicted molar refractivity (Wildman–Crippen MR) is 92.1 cm³/mol. The number of ether oxygens (including phenoxy) is 1. The Balaban J connectivity index is 1.89. The third-order valence-corrected chi connectivity index (χ3v) is 4.62. The minimum atomic E-state index is -0.794. The Morgan fingerprint density at radius 1 is 1.25 bits per heavy atom. The van der Waals surface area contributed by atoms with E-state index in [1.165, 1.54) is 0 Å². The lowest BCUT2D eigenvalue weighted by molar-refractivity contribution is -0.151. The number of aliphatic carboxylic acids is 1. The molecule has 2 N–H and O–H groups in total. The quantitative estimate of drug-likeness (QED) is 0.766. The van der Waals surface area contributed by atoms with Gasteiger partial charge in [0, 0.05) is 6.54 Å². The molecular weight excluding hydrogens is 306 g/mol. The summed E-state index contributed by atoms with van der Waals surface area (Å²) in [5.41, 5.74) is 0.0779. The summed E-state index contributed by atoms with van der Waals surface area (Å²) in [6, 6.07) is 7.49. The monoisotopic (exact) mass is 333 g/mol. The molecule has 0 aromatic heterocycles. The summed E-state index contributed by atoms with van der Waals surface area (Å²) >= 11 is 0. The van der Waals surface area contributed by atoms with Crippen LogP contribution < -0.4 is 10.1 Å². The van der Waals surface area contributed by atoms with Gasteiger partial charge in [0.25, 0.3) is 0 Å². The fourth-order valence-corrected chi connectivity index (χ4v) is 3.18. The second-order valence-corrected chi connectivity index (χ2v) is 6.60. The Labute approximate surface area is 143 Å². The van der Waals surface area contributed by atoms with Gasteiger partial charge in [0.1, 0.15) is 5.75 Å². The molecule has 0 aliphatic heterocycles. The van der Waals surface area contributed by atoms with Gasteiger partial charge < -0.3 is 15.2 Å². The van der Waals surface area contributed by atoms with Crippen molar-refractivity contribution in [3.8, 4) is 5.75 Å². The highest BCUT2D eigenvalue weighted by molar-refractivity contribution is 5.80. The number of rotatable bonds is 8. The number of carboxylic acid groups (broad SMARTS) is 1. The predicted octanol–water partition coefficient (Wildman–Crippen LogP) is 3.17. The summed E-state index contributed by atoms with van der Waals surface area (Å²) in [4.78, 5) is 23.8. The highest BCUT2D eigenvalue weighted by Crippen LogP contribution is 2.36. The molecule has 0 saturated heterocycles. The summed E-state index contributed by atoms with van der Waals surface area (Å²) in [5.74, 6) is -0.178. The van der Waals surface area contributed by atoms with Crippen molar-refractivity contribution in [3.05, 3.63) is 29.8 Å². The lowest BCUT2D eigenvalue weighted by Crippen LogP contribution is -2.44. The summed E-state index contributed by atoms with van der Waals surface area (Å²) in [6.45, 7) is 2.91. The van der Waals surface area contributed by atoms with E-state index in [2.05, 4.69) is 5.32 Å². The number of carbonyl (C=O) groups excluding carboxylic acids is 1. The maximum atomic E-state index is 12.2. The molecule has 1 aromatic rings. The average molecular weight is 333 g/mol. The minimum absolute atomic E-state index is 0.145. The molecule has 1 amide bonds. The van der Waals surface area contributed by atoms with Crippen LogP contribution in [0.3, 0.4) is 0 Å². The lowest BCUT2D eigenvalue weighted by Gasteiger charge is -2.33. The Bertz CT molecular complexity index is 564. The minimum Gasteiger partial charge on any atom is -0.494 e. The van der Waals surface area contributed by atoms with Gasteiger partial charge in [-0.2, -0.15) is 0 Å². The summed E-state index contributed by atoms with van der Waals surface area (Å²) in [7, 11) is 0. The smallest absolute Gasteiger partial charge is 0.311 e. The molecule has 0 radical (unpaired) electrons. The zero-order valence-corrected chi connectivity index (χ0v) is 14.3. The van der Waals surface area contributed by atoms with Crippen molar-refractivity contribution >= 4 is 11.9 Å². The van der Waals surface area contributed by atoms with E-state index in [4.69, 9.17) is 4.74 Å². The van der Waals surface area contributed by atoms with Crippen molar-refractivity contribution in [2.24, 2.45) is 5.41 Å². The average Bonchev–Trinajstić information content (AvgIpc) is 2.59. The van der Waals surface area contributed by atoms with Crippen LogP contribution >= 0.6 is 0 Å². The van der Waals surface area contributed by atoms with Gasteiger partial charge in [-0.15, -0.1) is 0 Å². The molecule has 132 valence electrons. The first-order valence-electron chi connectivity index (χ1n) is 8.77. The highest BCUT2D eigenvalue weighted by atomic mass is 16.5. The van der Waals surface area contributed by atoms with Crippen LogP contribution in [0.25, 0.3) is 0 Å². The molecule has 24 heavy (non-hydrogen) atoms. The number of carboxylic acids is 1. The Kier molecular flexibility index (Phi) is 6.64. The zero-order valence-electron chi connectivity index (χ0n) is 14.3. The first kappa shape index (κ1) is 18.3. The first-order chi connectivity index (χ1) is 11.6. The largest absolute Gasteiger partial charge is 0.494 e. The van der Waals surface area contributed by atoms with Crippen LogP contribution in [0.1, 0.15) is 51.0 Å². The van der Waals surface area contributed by atoms with Crippen LogP contribution in [-0.4, -0.2) is 30.1 Å². The van der Waals surface area contributed by atoms with E-state index in [0.717, 1.165) is 37.0 Å². The summed E-state index contributed by atoms with van der Waals surface area (Å²) in [5, 5.41) is 12.4. The van der Waals surface area contributed by atoms with Crippen LogP contribution in [0.5, 0.6) is 5.75 Å². The van der Waals surface area contributed by atoms with Crippen molar-refractivity contribution in [1.29, 1.82) is 0 Å². The van der Waals surface area contributed by atoms with Gasteiger partial charge in [-0.3, -0.25) is 9.59 Å². The SMILES string of the molecule is CCCOc1cccc(CC(=O)NCC2(C(=O)O)CCCCC2)c1. The van der Waals surface area contributed by atoms with Crippen molar-refractivity contribution in [2.45, 2.75) is 51.9 Å². The van der Waals surface area contributed by atoms with Crippen LogP contribution in [0.15, 0.2) is 24.3 Å². The molecule has 0 bridgehead atoms. The molecule has 1 fully saturated rings. The van der Waals surface area contributed by atoms with E-state index in [0.29, 0.717) is 19.4 Å². The van der Waals surface area contributed by atoms with Crippen molar-refractivity contribution in [3.63, 3.8) is 0 Å². The van der Waals surface area contributed by atoms with Crippen LogP contribution in [0.2, 0.25) is 0 Å². The maximum Gasteiger partial charge on any atom is 0.311 e. The normalized spacial score (nSPS) is 16.4. The van der Waals surface area contributed by atoms with Gasteiger partial charge in [-0.1, -0.05) is 38.3 Å². The number of nitrogens with one attached hydrogen (secondary N) is 1. The molecule has 5 heteroatoms. The zero-order chi connectivity index (χ0) is 17.4. The summed E-state index contributed by atoms with van der Waals surface area (Å²) in [6.07, 6.45) is 5.36. The van der Waals surface area contributed by atoms with Crippen LogP contribution in [0, 0.1) is 5.41 Å². The van der Waals surface area contributed by atoms with Crippen molar-refractivity contribution in [2.75, 3.05) is 13.2 Å². The molecule has 0 atom stereocenters. The van der Waals surface area contributed by atoms with Gasteiger partial charge in [0.05, 0.1) is 18.4 Å². The molecule has 1 aliphatic rings. The molecule has 1 saturated carbocycles. The highest BCUT2D eigenvalue weighted by Gasteiger charge is 2.39. The molecule has 1 aromatic carbocycles. The lowest BCUT2D eigenvalue weighted by atomic mass is 9.74. The topological polar surface area (TPSA) is 75.6 Å². The Morgan fingerprint density at radius 3 is 2.67 bits per heavy atom. The summed E-state index contributed by atoms with van der Waals surface area (Å²) < 4.78 is 5.57. The molecule has 0 unspecified atom stereocenters. The molecular formula is C19H27NO4. The van der Waals surface area contributed by atoms with Gasteiger partial charge in [0.2, 0.25) is 5.91 Å². The molecule has 1 aliphatic carbocycles. The molecule has 2 rings (SSSR count). The van der Waals surface area contributed by atoms with Crippen LogP contribution in [-0.2, 0) is 16.0 Å².